The van der Waals surface area contributed by atoms with E-state index in [1.165, 1.54) is 94.6 Å². The zero-order valence-electron chi connectivity index (χ0n) is 45.7. The second-order valence-corrected chi connectivity index (χ2v) is 30.2. The maximum absolute atomic E-state index is 3.05. The smallest absolute Gasteiger partial charge is 1.00 e. The van der Waals surface area contributed by atoms with Crippen molar-refractivity contribution in [3.8, 4) is 0 Å². The first-order chi connectivity index (χ1) is 36.0. The van der Waals surface area contributed by atoms with Crippen molar-refractivity contribution < 1.29 is 55.6 Å². The van der Waals surface area contributed by atoms with Crippen LogP contribution in [-0.4, -0.2) is 5.94 Å². The summed E-state index contributed by atoms with van der Waals surface area (Å²) in [5.41, 5.74) is 25.6. The largest absolute Gasteiger partial charge is 1.00 e. The van der Waals surface area contributed by atoms with Crippen molar-refractivity contribution >= 4 is 21.5 Å². The van der Waals surface area contributed by atoms with E-state index in [4.69, 9.17) is 0 Å². The number of rotatable bonds is 17. The molecule has 1 aliphatic carbocycles. The summed E-state index contributed by atoms with van der Waals surface area (Å²) in [6.07, 6.45) is 5.35. The number of hydrogen-bond donors (Lipinski definition) is 0. The van der Waals surface area contributed by atoms with Gasteiger partial charge in [0.05, 0.1) is 0 Å². The summed E-state index contributed by atoms with van der Waals surface area (Å²) in [6.45, 7) is 17.0. The average Bonchev–Trinajstić information content (AvgIpc) is 3.60. The van der Waals surface area contributed by atoms with Crippen molar-refractivity contribution in [1.29, 1.82) is 0 Å². The molecule has 1 atom stereocenters. The number of halogens is 3. The van der Waals surface area contributed by atoms with Gasteiger partial charge in [-0.05, 0) is 0 Å². The Labute approximate surface area is 488 Å². The van der Waals surface area contributed by atoms with Gasteiger partial charge in [-0.25, -0.2) is 0 Å². The second-order valence-electron chi connectivity index (χ2n) is 21.2. The number of benzene rings is 9. The van der Waals surface area contributed by atoms with Crippen LogP contribution >= 0.6 is 0 Å². The first-order valence-corrected chi connectivity index (χ1v) is 31.9. The molecule has 0 saturated carbocycles. The Balaban J connectivity index is 0.00000287. The Bertz CT molecular complexity index is 2950. The molecule has 0 aliphatic heterocycles. The predicted molar refractivity (Wildman–Crippen MR) is 314 cm³/mol. The molecule has 0 heterocycles. The monoisotopic (exact) mass is 1120 g/mol. The van der Waals surface area contributed by atoms with Gasteiger partial charge in [0.15, 0.2) is 0 Å². The van der Waals surface area contributed by atoms with Crippen LogP contribution in [0.25, 0.3) is 0 Å². The summed E-state index contributed by atoms with van der Waals surface area (Å²) in [5, 5.41) is 4.69. The Morgan fingerprint density at radius 1 is 0.312 bits per heavy atom. The van der Waals surface area contributed by atoms with Crippen LogP contribution in [0.5, 0.6) is 0 Å². The van der Waals surface area contributed by atoms with E-state index in [0.29, 0.717) is 5.92 Å². The molecular formula is C72H70Cl3SiTi. The van der Waals surface area contributed by atoms with Crippen molar-refractivity contribution in [3.05, 3.63) is 322 Å². The van der Waals surface area contributed by atoms with Gasteiger partial charge in [-0.1, -0.05) is 0 Å². The van der Waals surface area contributed by atoms with Crippen LogP contribution in [0.1, 0.15) is 111 Å². The van der Waals surface area contributed by atoms with Gasteiger partial charge in [0, 0.05) is 0 Å². The first-order valence-electron chi connectivity index (χ1n) is 26.8. The van der Waals surface area contributed by atoms with E-state index < -0.39 is 24.3 Å². The first kappa shape index (κ1) is 58.9. The molecule has 0 spiro atoms. The molecule has 0 radical (unpaired) electrons. The Kier molecular flexibility index (Phi) is 20.5. The molecule has 0 saturated heterocycles. The fraction of sp³-hybridized carbons (Fsp3) is 0.194. The molecule has 387 valence electrons. The van der Waals surface area contributed by atoms with Crippen molar-refractivity contribution in [3.63, 3.8) is 0 Å². The summed E-state index contributed by atoms with van der Waals surface area (Å²) in [5.74, 6) is -2.65. The minimum atomic E-state index is -3.05. The van der Waals surface area contributed by atoms with Crippen LogP contribution < -0.4 is 52.8 Å². The maximum atomic E-state index is 2.75. The zero-order chi connectivity index (χ0) is 51.2. The van der Waals surface area contributed by atoms with Gasteiger partial charge in [-0.2, -0.15) is 0 Å². The summed E-state index contributed by atoms with van der Waals surface area (Å²) in [7, 11) is 0. The molecule has 9 aromatic carbocycles. The van der Waals surface area contributed by atoms with Crippen LogP contribution in [0.2, 0.25) is 0 Å². The third kappa shape index (κ3) is 13.2. The second kappa shape index (κ2) is 26.7. The van der Waals surface area contributed by atoms with Gasteiger partial charge in [0.1, 0.15) is 0 Å². The zero-order valence-corrected chi connectivity index (χ0v) is 50.6. The normalized spacial score (nSPS) is 13.1. The van der Waals surface area contributed by atoms with Crippen LogP contribution in [0.15, 0.2) is 239 Å². The van der Waals surface area contributed by atoms with Crippen molar-refractivity contribution in [2.24, 2.45) is 5.92 Å². The molecule has 0 aromatic heterocycles. The average molecular weight is 1120 g/mol. The van der Waals surface area contributed by atoms with E-state index in [9.17, 15) is 0 Å². The van der Waals surface area contributed by atoms with Gasteiger partial charge < -0.3 is 37.2 Å². The van der Waals surface area contributed by atoms with E-state index in [2.05, 4.69) is 267 Å². The minimum Gasteiger partial charge on any atom is -1.00 e. The molecule has 0 bridgehead atoms. The third-order valence-electron chi connectivity index (χ3n) is 16.6. The molecule has 0 fully saturated rings. The molecule has 0 amide bonds. The molecular weight excluding hydrogens is 1050 g/mol. The molecule has 77 heavy (non-hydrogen) atoms. The van der Waals surface area contributed by atoms with Crippen LogP contribution in [-0.2, 0) is 56.9 Å². The van der Waals surface area contributed by atoms with Crippen molar-refractivity contribution in [2.75, 3.05) is 0 Å². The van der Waals surface area contributed by atoms with Gasteiger partial charge in [0.2, 0.25) is 0 Å². The maximum Gasteiger partial charge on any atom is -1.00 e. The number of allylic oxidation sites excluding steroid dienone is 4. The quantitative estimate of drug-likeness (QED) is 0.0725. The Hall–Kier alpha value is -5.74. The van der Waals surface area contributed by atoms with Crippen LogP contribution in [0, 0.1) is 26.7 Å². The van der Waals surface area contributed by atoms with Crippen molar-refractivity contribution in [2.45, 2.75) is 87.0 Å². The minimum absolute atomic E-state index is 0. The number of hydrogen-bond acceptors (Lipinski definition) is 0. The Morgan fingerprint density at radius 3 is 0.701 bits per heavy atom. The third-order valence-corrected chi connectivity index (χ3v) is 29.0. The van der Waals surface area contributed by atoms with Crippen LogP contribution in [0.4, 0.5) is 0 Å². The van der Waals surface area contributed by atoms with E-state index in [1.54, 1.807) is 25.0 Å². The van der Waals surface area contributed by atoms with Gasteiger partial charge >= 0.3 is 455 Å². The molecule has 0 N–H and O–H groups in total. The fourth-order valence-corrected chi connectivity index (χ4v) is 24.7. The van der Waals surface area contributed by atoms with Gasteiger partial charge in [-0.15, -0.1) is 0 Å². The van der Waals surface area contributed by atoms with E-state index >= 15 is 0 Å². The predicted octanol–water partition coefficient (Wildman–Crippen LogP) is 6.48. The Morgan fingerprint density at radius 2 is 0.519 bits per heavy atom. The van der Waals surface area contributed by atoms with E-state index in [1.807, 2.05) is 0 Å². The summed E-state index contributed by atoms with van der Waals surface area (Å²) >= 11 is -0.924. The molecule has 0 nitrogen and oxygen atoms in total. The summed E-state index contributed by atoms with van der Waals surface area (Å²) in [6, 6.07) is 83.8. The molecule has 1 aliphatic rings. The van der Waals surface area contributed by atoms with E-state index in [0.717, 1.165) is 38.5 Å². The molecule has 9 aromatic rings. The van der Waals surface area contributed by atoms with Crippen LogP contribution in [0.3, 0.4) is 0 Å². The topological polar surface area (TPSA) is 0 Å². The molecule has 1 unspecified atom stereocenters. The SMILES string of the molecule is CC1=C(C)C(C)[C]([Ti+3][Si](c2cc(Cc3ccccc3)c(C)c(Cc3ccccc3)c2)(c2cc(Cc3ccccc3)c(C)c(Cc3ccccc3)c2)c2cc(Cc3ccccc3)c(C)c(Cc3ccccc3)c2)=C1C.[Cl-].[Cl-].[Cl-]. The summed E-state index contributed by atoms with van der Waals surface area (Å²) < 4.78 is 1.73. The fourth-order valence-electron chi connectivity index (χ4n) is 11.6. The van der Waals surface area contributed by atoms with E-state index in [-0.39, 0.29) is 37.2 Å². The van der Waals surface area contributed by atoms with Gasteiger partial charge in [-0.3, -0.25) is 0 Å². The molecule has 5 heteroatoms. The molecule has 10 rings (SSSR count). The standard InChI is InChI=1S/C63H57Si.C9H13.3ClH.Ti/c1-46-55(34-49-22-10-4-11-23-49)40-61(41-56(46)35-50-24-12-5-13-25-50)64(62-42-57(36-51-26-14-6-15-27-51)47(2)58(43-62)37-52-28-16-7-17-29-52)63-44-59(38-53-30-18-8-19-31-53)48(3)60(45-63)39-54-32-20-9-21-33-54;1-6-5-7(2)9(4)8(6)3;;;;/h4-33,40-45H,34-39H2,1-3H3;6H,1-4H3;3*1H;/q;;;;;+3/p-3. The summed E-state index contributed by atoms with van der Waals surface area (Å²) in [4.78, 5) is 0. The van der Waals surface area contributed by atoms with Crippen molar-refractivity contribution in [1.82, 2.24) is 0 Å². The van der Waals surface area contributed by atoms with Gasteiger partial charge in [0.25, 0.3) is 0 Å².